The second kappa shape index (κ2) is 3.89. The number of hydrogen-bond acceptors (Lipinski definition) is 2. The van der Waals surface area contributed by atoms with E-state index < -0.39 is 0 Å². The molecule has 0 fully saturated rings. The molecule has 0 amide bonds. The van der Waals surface area contributed by atoms with Crippen LogP contribution in [0.1, 0.15) is 0 Å². The summed E-state index contributed by atoms with van der Waals surface area (Å²) in [5.41, 5.74) is 2.51. The zero-order valence-electron chi connectivity index (χ0n) is 8.81. The summed E-state index contributed by atoms with van der Waals surface area (Å²) in [5.74, 6) is 0.216. The van der Waals surface area contributed by atoms with E-state index in [-0.39, 0.29) is 5.75 Å². The van der Waals surface area contributed by atoms with E-state index in [1.807, 2.05) is 36.4 Å². The van der Waals surface area contributed by atoms with Crippen LogP contribution in [0.25, 0.3) is 22.2 Å². The first-order valence-electron chi connectivity index (χ1n) is 5.18. The Morgan fingerprint density at radius 2 is 1.88 bits per heavy atom. The average Bonchev–Trinajstić information content (AvgIpc) is 2.75. The van der Waals surface area contributed by atoms with E-state index in [0.717, 1.165) is 21.1 Å². The van der Waals surface area contributed by atoms with Crippen LogP contribution in [-0.2, 0) is 0 Å². The number of aromatic amines is 1. The second-order valence-electron chi connectivity index (χ2n) is 3.75. The highest BCUT2D eigenvalue weighted by Gasteiger charge is 2.12. The van der Waals surface area contributed by atoms with Gasteiger partial charge in [-0.25, -0.2) is 0 Å². The lowest BCUT2D eigenvalue weighted by Crippen LogP contribution is -1.80. The Labute approximate surface area is 106 Å². The van der Waals surface area contributed by atoms with E-state index >= 15 is 0 Å². The quantitative estimate of drug-likeness (QED) is 0.717. The number of aromatic hydroxyl groups is 1. The molecule has 3 aromatic rings. The number of halogens is 1. The van der Waals surface area contributed by atoms with Gasteiger partial charge in [0.1, 0.15) is 17.0 Å². The molecular formula is C13H9BrN2O. The van der Waals surface area contributed by atoms with Gasteiger partial charge in [-0.1, -0.05) is 46.3 Å². The standard InChI is InChI=1S/C13H9BrN2O/c14-10-6-2-1-4-8(10)12-9-5-3-7-11(17)13(9)16-15-12/h1-7,17H,(H,15,16). The average molecular weight is 289 g/mol. The monoisotopic (exact) mass is 288 g/mol. The molecule has 0 aliphatic rings. The van der Waals surface area contributed by atoms with Gasteiger partial charge < -0.3 is 5.11 Å². The number of nitrogens with zero attached hydrogens (tertiary/aromatic N) is 1. The van der Waals surface area contributed by atoms with Crippen molar-refractivity contribution in [3.63, 3.8) is 0 Å². The summed E-state index contributed by atoms with van der Waals surface area (Å²) in [6.45, 7) is 0. The molecule has 1 heterocycles. The van der Waals surface area contributed by atoms with Crippen LogP contribution in [0.4, 0.5) is 0 Å². The molecule has 84 valence electrons. The topological polar surface area (TPSA) is 48.9 Å². The minimum absolute atomic E-state index is 0.216. The van der Waals surface area contributed by atoms with Crippen LogP contribution in [-0.4, -0.2) is 15.3 Å². The normalized spacial score (nSPS) is 10.9. The van der Waals surface area contributed by atoms with Gasteiger partial charge in [0, 0.05) is 15.4 Å². The third kappa shape index (κ3) is 1.61. The number of benzene rings is 2. The Morgan fingerprint density at radius 3 is 2.71 bits per heavy atom. The molecule has 0 aliphatic carbocycles. The first-order valence-corrected chi connectivity index (χ1v) is 5.97. The summed E-state index contributed by atoms with van der Waals surface area (Å²) >= 11 is 3.51. The lowest BCUT2D eigenvalue weighted by atomic mass is 10.1. The van der Waals surface area contributed by atoms with E-state index in [1.54, 1.807) is 6.07 Å². The molecule has 0 atom stereocenters. The molecule has 2 N–H and O–H groups in total. The molecule has 3 nitrogen and oxygen atoms in total. The van der Waals surface area contributed by atoms with Gasteiger partial charge in [0.05, 0.1) is 0 Å². The SMILES string of the molecule is Oc1cccc2c(-c3ccccc3Br)n[nH]c12. The van der Waals surface area contributed by atoms with Crippen molar-refractivity contribution in [1.29, 1.82) is 0 Å². The maximum atomic E-state index is 9.72. The Kier molecular flexibility index (Phi) is 2.37. The molecule has 4 heteroatoms. The van der Waals surface area contributed by atoms with E-state index in [1.165, 1.54) is 0 Å². The van der Waals surface area contributed by atoms with Gasteiger partial charge in [0.15, 0.2) is 0 Å². The number of fused-ring (bicyclic) bond motifs is 1. The maximum absolute atomic E-state index is 9.72. The molecule has 0 saturated carbocycles. The highest BCUT2D eigenvalue weighted by molar-refractivity contribution is 9.10. The molecule has 17 heavy (non-hydrogen) atoms. The molecule has 0 unspecified atom stereocenters. The van der Waals surface area contributed by atoms with E-state index in [2.05, 4.69) is 26.1 Å². The Hall–Kier alpha value is -1.81. The number of phenols is 1. The second-order valence-corrected chi connectivity index (χ2v) is 4.61. The summed E-state index contributed by atoms with van der Waals surface area (Å²) in [6, 6.07) is 13.3. The molecule has 0 spiro atoms. The van der Waals surface area contributed by atoms with Crippen molar-refractivity contribution in [2.75, 3.05) is 0 Å². The van der Waals surface area contributed by atoms with Crippen LogP contribution in [0.3, 0.4) is 0 Å². The van der Waals surface area contributed by atoms with Gasteiger partial charge in [-0.2, -0.15) is 5.10 Å². The first-order chi connectivity index (χ1) is 8.27. The smallest absolute Gasteiger partial charge is 0.141 e. The fourth-order valence-corrected chi connectivity index (χ4v) is 2.36. The van der Waals surface area contributed by atoms with Crippen molar-refractivity contribution in [3.8, 4) is 17.0 Å². The first kappa shape index (κ1) is 10.4. The number of hydrogen-bond donors (Lipinski definition) is 2. The van der Waals surface area contributed by atoms with Gasteiger partial charge in [0.2, 0.25) is 0 Å². The number of rotatable bonds is 1. The molecule has 3 rings (SSSR count). The Morgan fingerprint density at radius 1 is 1.06 bits per heavy atom. The van der Waals surface area contributed by atoms with Gasteiger partial charge in [-0.05, 0) is 12.1 Å². The summed E-state index contributed by atoms with van der Waals surface area (Å²) < 4.78 is 0.983. The number of phenolic OH excluding ortho intramolecular Hbond substituents is 1. The third-order valence-corrected chi connectivity index (χ3v) is 3.40. The minimum Gasteiger partial charge on any atom is -0.506 e. The summed E-state index contributed by atoms with van der Waals surface area (Å²) in [5, 5.41) is 17.8. The zero-order chi connectivity index (χ0) is 11.8. The van der Waals surface area contributed by atoms with Crippen LogP contribution in [0.15, 0.2) is 46.9 Å². The molecule has 0 bridgehead atoms. The maximum Gasteiger partial charge on any atom is 0.141 e. The van der Waals surface area contributed by atoms with Crippen LogP contribution in [0, 0.1) is 0 Å². The summed E-state index contributed by atoms with van der Waals surface area (Å²) in [6.07, 6.45) is 0. The Bertz CT molecular complexity index is 691. The van der Waals surface area contributed by atoms with Crippen molar-refractivity contribution >= 4 is 26.8 Å². The molecule has 0 saturated heterocycles. The Balaban J connectivity index is 2.33. The van der Waals surface area contributed by atoms with Crippen molar-refractivity contribution in [2.45, 2.75) is 0 Å². The third-order valence-electron chi connectivity index (χ3n) is 2.71. The van der Waals surface area contributed by atoms with Gasteiger partial charge in [-0.15, -0.1) is 0 Å². The predicted molar refractivity (Wildman–Crippen MR) is 70.9 cm³/mol. The van der Waals surface area contributed by atoms with Crippen LogP contribution in [0.2, 0.25) is 0 Å². The number of aromatic nitrogens is 2. The van der Waals surface area contributed by atoms with Gasteiger partial charge in [-0.3, -0.25) is 5.10 Å². The molecule has 0 aliphatic heterocycles. The van der Waals surface area contributed by atoms with E-state index in [0.29, 0.717) is 5.52 Å². The number of nitrogens with one attached hydrogen (secondary N) is 1. The molecule has 2 aromatic carbocycles. The van der Waals surface area contributed by atoms with Crippen molar-refractivity contribution in [3.05, 3.63) is 46.9 Å². The highest BCUT2D eigenvalue weighted by atomic mass is 79.9. The molecular weight excluding hydrogens is 280 g/mol. The number of H-pyrrole nitrogens is 1. The fraction of sp³-hybridized carbons (Fsp3) is 0. The lowest BCUT2D eigenvalue weighted by Gasteiger charge is -2.01. The highest BCUT2D eigenvalue weighted by Crippen LogP contribution is 2.34. The largest absolute Gasteiger partial charge is 0.506 e. The van der Waals surface area contributed by atoms with E-state index in [4.69, 9.17) is 0 Å². The van der Waals surface area contributed by atoms with E-state index in [9.17, 15) is 5.11 Å². The van der Waals surface area contributed by atoms with Crippen LogP contribution < -0.4 is 0 Å². The van der Waals surface area contributed by atoms with Gasteiger partial charge >= 0.3 is 0 Å². The molecule has 0 radical (unpaired) electrons. The predicted octanol–water partition coefficient (Wildman–Crippen LogP) is 3.70. The van der Waals surface area contributed by atoms with Crippen molar-refractivity contribution in [2.24, 2.45) is 0 Å². The summed E-state index contributed by atoms with van der Waals surface area (Å²) in [4.78, 5) is 0. The van der Waals surface area contributed by atoms with Crippen LogP contribution >= 0.6 is 15.9 Å². The fourth-order valence-electron chi connectivity index (χ4n) is 1.89. The van der Waals surface area contributed by atoms with Crippen molar-refractivity contribution in [1.82, 2.24) is 10.2 Å². The zero-order valence-corrected chi connectivity index (χ0v) is 10.4. The van der Waals surface area contributed by atoms with Crippen LogP contribution in [0.5, 0.6) is 5.75 Å². The summed E-state index contributed by atoms with van der Waals surface area (Å²) in [7, 11) is 0. The molecule has 1 aromatic heterocycles. The minimum atomic E-state index is 0.216. The lowest BCUT2D eigenvalue weighted by molar-refractivity contribution is 0.480. The number of para-hydroxylation sites is 1. The van der Waals surface area contributed by atoms with Crippen molar-refractivity contribution < 1.29 is 5.11 Å². The van der Waals surface area contributed by atoms with Gasteiger partial charge in [0.25, 0.3) is 0 Å².